The molecule has 3 aliphatic rings. The molecule has 1 saturated heterocycles. The number of phenols is 1. The van der Waals surface area contributed by atoms with Crippen LogP contribution >= 0.6 is 0 Å². The van der Waals surface area contributed by atoms with Crippen LogP contribution in [0.5, 0.6) is 5.75 Å². The van der Waals surface area contributed by atoms with E-state index < -0.39 is 34.8 Å². The Morgan fingerprint density at radius 1 is 1.18 bits per heavy atom. The van der Waals surface area contributed by atoms with E-state index in [1.165, 1.54) is 24.3 Å². The van der Waals surface area contributed by atoms with Crippen molar-refractivity contribution in [2.75, 3.05) is 0 Å². The summed E-state index contributed by atoms with van der Waals surface area (Å²) in [6, 6.07) is 5.92. The Labute approximate surface area is 165 Å². The minimum absolute atomic E-state index is 0.00142. The molecular weight excluding hydrogens is 360 g/mol. The normalized spacial score (nSPS) is 44.5. The number of benzene rings is 1. The molecule has 0 aromatic heterocycles. The van der Waals surface area contributed by atoms with Gasteiger partial charge in [0, 0.05) is 24.2 Å². The molecule has 2 saturated carbocycles. The number of aromatic hydroxyl groups is 1. The maximum absolute atomic E-state index is 12.8. The van der Waals surface area contributed by atoms with Gasteiger partial charge in [-0.2, -0.15) is 0 Å². The minimum Gasteiger partial charge on any atom is -0.508 e. The molecule has 28 heavy (non-hydrogen) atoms. The third kappa shape index (κ3) is 2.85. The first-order valence-electron chi connectivity index (χ1n) is 10.1. The lowest BCUT2D eigenvalue weighted by molar-refractivity contribution is -0.122. The van der Waals surface area contributed by atoms with Gasteiger partial charge in [0.2, 0.25) is 0 Å². The highest BCUT2D eigenvalue weighted by Gasteiger charge is 2.70. The van der Waals surface area contributed by atoms with E-state index in [0.29, 0.717) is 18.4 Å². The number of aliphatic hydroxyl groups excluding tert-OH is 1. The largest absolute Gasteiger partial charge is 0.508 e. The van der Waals surface area contributed by atoms with Gasteiger partial charge in [-0.3, -0.25) is 0 Å². The van der Waals surface area contributed by atoms with Crippen molar-refractivity contribution < 1.29 is 29.6 Å². The third-order valence-electron chi connectivity index (χ3n) is 7.53. The van der Waals surface area contributed by atoms with E-state index >= 15 is 0 Å². The Hall–Kier alpha value is -1.63. The monoisotopic (exact) mass is 390 g/mol. The van der Waals surface area contributed by atoms with E-state index in [1.807, 2.05) is 27.7 Å². The summed E-state index contributed by atoms with van der Waals surface area (Å²) in [5.74, 6) is -0.896. The molecule has 4 rings (SSSR count). The molecule has 154 valence electrons. The van der Waals surface area contributed by atoms with Crippen molar-refractivity contribution in [3.05, 3.63) is 29.8 Å². The molecule has 6 heteroatoms. The van der Waals surface area contributed by atoms with E-state index in [0.717, 1.165) is 0 Å². The molecule has 1 aromatic rings. The first-order chi connectivity index (χ1) is 13.0. The molecule has 6 nitrogen and oxygen atoms in total. The van der Waals surface area contributed by atoms with Gasteiger partial charge in [0.15, 0.2) is 0 Å². The van der Waals surface area contributed by atoms with Crippen LogP contribution in [-0.4, -0.2) is 50.8 Å². The second kappa shape index (κ2) is 6.18. The number of carbonyl (C=O) groups is 1. The number of hydrogen-bond donors (Lipinski definition) is 3. The zero-order valence-corrected chi connectivity index (χ0v) is 16.9. The zero-order valence-electron chi connectivity index (χ0n) is 16.9. The first-order valence-corrected chi connectivity index (χ1v) is 10.1. The van der Waals surface area contributed by atoms with Crippen molar-refractivity contribution in [3.63, 3.8) is 0 Å². The molecule has 3 N–H and O–H groups in total. The van der Waals surface area contributed by atoms with E-state index in [2.05, 4.69) is 0 Å². The quantitative estimate of drug-likeness (QED) is 0.542. The van der Waals surface area contributed by atoms with Crippen LogP contribution in [0, 0.1) is 17.3 Å². The van der Waals surface area contributed by atoms with Crippen LogP contribution in [0.25, 0.3) is 0 Å². The lowest BCUT2D eigenvalue weighted by Gasteiger charge is -2.44. The zero-order chi connectivity index (χ0) is 20.5. The van der Waals surface area contributed by atoms with E-state index in [9.17, 15) is 20.1 Å². The topological polar surface area (TPSA) is 99.5 Å². The highest BCUT2D eigenvalue weighted by molar-refractivity contribution is 5.89. The van der Waals surface area contributed by atoms with Gasteiger partial charge in [-0.1, -0.05) is 20.8 Å². The van der Waals surface area contributed by atoms with Gasteiger partial charge < -0.3 is 24.8 Å². The Balaban J connectivity index is 1.70. The fourth-order valence-electron chi connectivity index (χ4n) is 5.61. The smallest absolute Gasteiger partial charge is 0.338 e. The molecule has 1 aliphatic heterocycles. The highest BCUT2D eigenvalue weighted by atomic mass is 16.6. The average molecular weight is 390 g/mol. The Bertz CT molecular complexity index is 776. The van der Waals surface area contributed by atoms with Crippen LogP contribution in [0.15, 0.2) is 24.3 Å². The number of carbonyl (C=O) groups excluding carboxylic acids is 1. The maximum atomic E-state index is 12.8. The maximum Gasteiger partial charge on any atom is 0.338 e. The molecule has 0 spiro atoms. The summed E-state index contributed by atoms with van der Waals surface area (Å²) >= 11 is 0. The Morgan fingerprint density at radius 3 is 2.43 bits per heavy atom. The number of esters is 1. The van der Waals surface area contributed by atoms with E-state index in [-0.39, 0.29) is 30.1 Å². The van der Waals surface area contributed by atoms with Crippen molar-refractivity contribution in [1.29, 1.82) is 0 Å². The van der Waals surface area contributed by atoms with Crippen molar-refractivity contribution in [3.8, 4) is 5.75 Å². The molecule has 0 radical (unpaired) electrons. The summed E-state index contributed by atoms with van der Waals surface area (Å²) in [6.07, 6.45) is 0.130. The lowest BCUT2D eigenvalue weighted by Crippen LogP contribution is -2.51. The summed E-state index contributed by atoms with van der Waals surface area (Å²) in [5, 5.41) is 32.0. The number of rotatable bonds is 3. The van der Waals surface area contributed by atoms with E-state index in [1.54, 1.807) is 0 Å². The van der Waals surface area contributed by atoms with Crippen LogP contribution in [0.1, 0.15) is 57.3 Å². The van der Waals surface area contributed by atoms with Gasteiger partial charge in [0.05, 0.1) is 29.0 Å². The lowest BCUT2D eigenvalue weighted by atomic mass is 9.67. The van der Waals surface area contributed by atoms with Gasteiger partial charge >= 0.3 is 5.97 Å². The second-order valence-electron chi connectivity index (χ2n) is 9.67. The van der Waals surface area contributed by atoms with Crippen LogP contribution in [0.4, 0.5) is 0 Å². The van der Waals surface area contributed by atoms with Crippen LogP contribution < -0.4 is 0 Å². The molecule has 1 heterocycles. The third-order valence-corrected chi connectivity index (χ3v) is 7.53. The van der Waals surface area contributed by atoms with Gasteiger partial charge in [-0.25, -0.2) is 4.79 Å². The minimum atomic E-state index is -1.12. The van der Waals surface area contributed by atoms with Gasteiger partial charge in [-0.15, -0.1) is 0 Å². The Morgan fingerprint density at radius 2 is 1.82 bits per heavy atom. The van der Waals surface area contributed by atoms with Crippen molar-refractivity contribution in [2.45, 2.75) is 76.5 Å². The number of phenolic OH excluding ortho intramolecular Hbond substituents is 1. The summed E-state index contributed by atoms with van der Waals surface area (Å²) in [5.41, 5.74) is -1.78. The number of aliphatic hydroxyl groups is 2. The number of fused-ring (bicyclic) bond motifs is 2. The van der Waals surface area contributed by atoms with E-state index in [4.69, 9.17) is 9.47 Å². The van der Waals surface area contributed by atoms with Crippen molar-refractivity contribution >= 4 is 5.97 Å². The molecule has 3 fully saturated rings. The van der Waals surface area contributed by atoms with Crippen LogP contribution in [0.3, 0.4) is 0 Å². The van der Waals surface area contributed by atoms with Gasteiger partial charge in [0.25, 0.3) is 0 Å². The highest BCUT2D eigenvalue weighted by Crippen LogP contribution is 2.63. The van der Waals surface area contributed by atoms with Gasteiger partial charge in [0.1, 0.15) is 11.9 Å². The number of epoxide rings is 1. The number of ether oxygens (including phenoxy) is 2. The summed E-state index contributed by atoms with van der Waals surface area (Å²) < 4.78 is 11.9. The summed E-state index contributed by atoms with van der Waals surface area (Å²) in [6.45, 7) is 7.88. The predicted molar refractivity (Wildman–Crippen MR) is 102 cm³/mol. The first kappa shape index (κ1) is 19.7. The molecule has 2 unspecified atom stereocenters. The molecule has 7 atom stereocenters. The predicted octanol–water partition coefficient (Wildman–Crippen LogP) is 2.64. The molecular formula is C22H30O6. The molecule has 2 aliphatic carbocycles. The molecule has 0 bridgehead atoms. The van der Waals surface area contributed by atoms with Crippen molar-refractivity contribution in [2.24, 2.45) is 17.3 Å². The molecule has 1 aromatic carbocycles. The standard InChI is InChI=1S/C22H30O6/c1-12(2)22(26)10-16(24)20(3)11-17-21(4,28-17)9-15(18(20)22)27-19(25)13-5-7-14(23)8-6-13/h5-8,12,15-18,23-24,26H,9-11H2,1-4H3/t15-,16-,17-,18?,20?,21+,22-/m0/s1. The summed E-state index contributed by atoms with van der Waals surface area (Å²) in [7, 11) is 0. The fourth-order valence-corrected chi connectivity index (χ4v) is 5.61. The van der Waals surface area contributed by atoms with Crippen LogP contribution in [0.2, 0.25) is 0 Å². The van der Waals surface area contributed by atoms with Crippen LogP contribution in [-0.2, 0) is 9.47 Å². The Kier molecular flexibility index (Phi) is 4.34. The summed E-state index contributed by atoms with van der Waals surface area (Å²) in [4.78, 5) is 12.8. The molecule has 0 amide bonds. The second-order valence-corrected chi connectivity index (χ2v) is 9.67. The average Bonchev–Trinajstić information content (AvgIpc) is 3.17. The fraction of sp³-hybridized carbons (Fsp3) is 0.682. The SMILES string of the molecule is CC(C)[C@@]1(O)C[C@H](O)C2(C)C[C@@H]3O[C@]3(C)C[C@H](OC(=O)c3ccc(O)cc3)C21. The number of hydrogen-bond acceptors (Lipinski definition) is 6. The van der Waals surface area contributed by atoms with Gasteiger partial charge in [-0.05, 0) is 43.5 Å². The van der Waals surface area contributed by atoms with Crippen molar-refractivity contribution in [1.82, 2.24) is 0 Å².